The number of ether oxygens (including phenoxy) is 1. The fraction of sp³-hybridized carbons (Fsp3) is 0.375. The van der Waals surface area contributed by atoms with Crippen molar-refractivity contribution >= 4 is 27.5 Å². The Labute approximate surface area is 128 Å². The molecule has 0 saturated carbocycles. The van der Waals surface area contributed by atoms with Crippen LogP contribution in [0.3, 0.4) is 0 Å². The molecule has 2 aromatic rings. The smallest absolute Gasteiger partial charge is 0.253 e. The molecule has 1 heterocycles. The lowest BCUT2D eigenvalue weighted by molar-refractivity contribution is -0.125. The Balaban J connectivity index is 2.76. The monoisotopic (exact) mass is 302 g/mol. The molecule has 0 saturated heterocycles. The van der Waals surface area contributed by atoms with Crippen LogP contribution in [0.1, 0.15) is 20.8 Å². The summed E-state index contributed by atoms with van der Waals surface area (Å²) < 4.78 is 8.23. The largest absolute Gasteiger partial charge is 0.495 e. The molecular weight excluding hydrogens is 284 g/mol. The molecule has 1 amide bonds. The summed E-state index contributed by atoms with van der Waals surface area (Å²) in [6.45, 7) is 5.88. The zero-order valence-electron chi connectivity index (χ0n) is 12.6. The highest BCUT2D eigenvalue weighted by molar-refractivity contribution is 7.16. The number of carbonyl (C=O) groups excluding carboxylic acids is 1. The number of nitrogens with zero attached hydrogens (tertiary/aromatic N) is 2. The van der Waals surface area contributed by atoms with Crippen LogP contribution in [-0.4, -0.2) is 17.6 Å². The Hall–Kier alpha value is -2.06. The Kier molecular flexibility index (Phi) is 4.19. The molecule has 0 unspecified atom stereocenters. The lowest BCUT2D eigenvalue weighted by Gasteiger charge is -2.11. The van der Waals surface area contributed by atoms with E-state index in [0.29, 0.717) is 11.3 Å². The van der Waals surface area contributed by atoms with Gasteiger partial charge in [0.2, 0.25) is 0 Å². The first-order valence-corrected chi connectivity index (χ1v) is 7.39. The van der Waals surface area contributed by atoms with Gasteiger partial charge in [-0.05, 0) is 12.1 Å². The molecule has 0 aliphatic rings. The van der Waals surface area contributed by atoms with Crippen LogP contribution >= 0.6 is 11.3 Å². The van der Waals surface area contributed by atoms with E-state index in [1.165, 1.54) is 11.3 Å². The first-order valence-electron chi connectivity index (χ1n) is 6.57. The van der Waals surface area contributed by atoms with Gasteiger partial charge in [-0.1, -0.05) is 44.1 Å². The van der Waals surface area contributed by atoms with E-state index in [-0.39, 0.29) is 5.91 Å². The van der Waals surface area contributed by atoms with E-state index in [0.717, 1.165) is 16.0 Å². The van der Waals surface area contributed by atoms with Crippen LogP contribution in [0.15, 0.2) is 23.2 Å². The van der Waals surface area contributed by atoms with Crippen LogP contribution in [0, 0.1) is 17.8 Å². The predicted octanol–water partition coefficient (Wildman–Crippen LogP) is 2.82. The quantitative estimate of drug-likeness (QED) is 0.801. The number of aromatic nitrogens is 1. The van der Waals surface area contributed by atoms with E-state index in [2.05, 4.69) is 10.9 Å². The fourth-order valence-electron chi connectivity index (χ4n) is 1.84. The van der Waals surface area contributed by atoms with E-state index in [1.807, 2.05) is 43.5 Å². The van der Waals surface area contributed by atoms with Crippen LogP contribution < -0.4 is 9.54 Å². The molecule has 5 heteroatoms. The number of fused-ring (bicyclic) bond motifs is 1. The van der Waals surface area contributed by atoms with Crippen LogP contribution in [0.4, 0.5) is 0 Å². The summed E-state index contributed by atoms with van der Waals surface area (Å²) in [6, 6.07) is 5.75. The lowest BCUT2D eigenvalue weighted by atomic mass is 9.96. The highest BCUT2D eigenvalue weighted by atomic mass is 32.1. The average Bonchev–Trinajstić information content (AvgIpc) is 2.76. The van der Waals surface area contributed by atoms with E-state index in [1.54, 1.807) is 7.11 Å². The molecule has 21 heavy (non-hydrogen) atoms. The SMILES string of the molecule is C#CCn1c(=NC(=O)C(C)(C)C)sc2cccc(OC)c21. The number of methoxy groups -OCH3 is 1. The van der Waals surface area contributed by atoms with Crippen LogP contribution in [0.25, 0.3) is 10.2 Å². The Morgan fingerprint density at radius 2 is 2.19 bits per heavy atom. The van der Waals surface area contributed by atoms with Gasteiger partial charge in [-0.15, -0.1) is 6.42 Å². The number of amides is 1. The van der Waals surface area contributed by atoms with E-state index >= 15 is 0 Å². The van der Waals surface area contributed by atoms with Gasteiger partial charge >= 0.3 is 0 Å². The zero-order valence-corrected chi connectivity index (χ0v) is 13.5. The van der Waals surface area contributed by atoms with Crippen molar-refractivity contribution in [2.24, 2.45) is 10.4 Å². The van der Waals surface area contributed by atoms with Gasteiger partial charge in [-0.3, -0.25) is 4.79 Å². The van der Waals surface area contributed by atoms with Crippen LogP contribution in [0.2, 0.25) is 0 Å². The summed E-state index contributed by atoms with van der Waals surface area (Å²) >= 11 is 1.44. The van der Waals surface area contributed by atoms with Crippen molar-refractivity contribution in [3.63, 3.8) is 0 Å². The minimum Gasteiger partial charge on any atom is -0.495 e. The molecule has 0 radical (unpaired) electrons. The van der Waals surface area contributed by atoms with E-state index in [9.17, 15) is 4.79 Å². The maximum atomic E-state index is 12.2. The third-order valence-electron chi connectivity index (χ3n) is 2.97. The first-order chi connectivity index (χ1) is 9.88. The molecule has 0 bridgehead atoms. The summed E-state index contributed by atoms with van der Waals surface area (Å²) in [5.41, 5.74) is 0.359. The van der Waals surface area contributed by atoms with Crippen molar-refractivity contribution in [1.82, 2.24) is 4.57 Å². The number of thiazole rings is 1. The molecule has 1 aromatic heterocycles. The molecular formula is C16H18N2O2S. The summed E-state index contributed by atoms with van der Waals surface area (Å²) in [6.07, 6.45) is 5.45. The van der Waals surface area contributed by atoms with Crippen molar-refractivity contribution in [3.05, 3.63) is 23.0 Å². The fourth-order valence-corrected chi connectivity index (χ4v) is 2.89. The molecule has 0 fully saturated rings. The van der Waals surface area contributed by atoms with Gasteiger partial charge < -0.3 is 9.30 Å². The number of para-hydroxylation sites is 1. The van der Waals surface area contributed by atoms with E-state index in [4.69, 9.17) is 11.2 Å². The molecule has 2 rings (SSSR count). The second kappa shape index (κ2) is 5.74. The van der Waals surface area contributed by atoms with Crippen LogP contribution in [-0.2, 0) is 11.3 Å². The van der Waals surface area contributed by atoms with Gasteiger partial charge in [0.15, 0.2) is 4.80 Å². The topological polar surface area (TPSA) is 43.6 Å². The number of carbonyl (C=O) groups is 1. The second-order valence-electron chi connectivity index (χ2n) is 5.65. The predicted molar refractivity (Wildman–Crippen MR) is 85.2 cm³/mol. The van der Waals surface area contributed by atoms with Crippen molar-refractivity contribution in [1.29, 1.82) is 0 Å². The molecule has 0 aliphatic heterocycles. The molecule has 0 aliphatic carbocycles. The average molecular weight is 302 g/mol. The normalized spacial score (nSPS) is 12.4. The third-order valence-corrected chi connectivity index (χ3v) is 4.02. The summed E-state index contributed by atoms with van der Waals surface area (Å²) in [5.74, 6) is 3.17. The van der Waals surface area contributed by atoms with Gasteiger partial charge in [0, 0.05) is 5.41 Å². The molecule has 4 nitrogen and oxygen atoms in total. The van der Waals surface area contributed by atoms with Crippen molar-refractivity contribution in [2.75, 3.05) is 7.11 Å². The number of terminal acetylenes is 1. The number of benzene rings is 1. The van der Waals surface area contributed by atoms with Gasteiger partial charge in [0.05, 0.1) is 18.4 Å². The molecule has 0 atom stereocenters. The summed E-state index contributed by atoms with van der Waals surface area (Å²) in [7, 11) is 1.61. The van der Waals surface area contributed by atoms with Crippen molar-refractivity contribution < 1.29 is 9.53 Å². The summed E-state index contributed by atoms with van der Waals surface area (Å²) in [5, 5.41) is 0. The second-order valence-corrected chi connectivity index (χ2v) is 6.66. The maximum Gasteiger partial charge on any atom is 0.253 e. The number of hydrogen-bond acceptors (Lipinski definition) is 3. The molecule has 0 N–H and O–H groups in total. The maximum absolute atomic E-state index is 12.2. The Morgan fingerprint density at radius 1 is 1.48 bits per heavy atom. The van der Waals surface area contributed by atoms with Crippen LogP contribution in [0.5, 0.6) is 5.75 Å². The molecule has 110 valence electrons. The van der Waals surface area contributed by atoms with Gasteiger partial charge in [-0.25, -0.2) is 0 Å². The number of rotatable bonds is 2. The van der Waals surface area contributed by atoms with Gasteiger partial charge in [0.25, 0.3) is 5.91 Å². The summed E-state index contributed by atoms with van der Waals surface area (Å²) in [4.78, 5) is 17.0. The van der Waals surface area contributed by atoms with Crippen molar-refractivity contribution in [3.8, 4) is 18.1 Å². The highest BCUT2D eigenvalue weighted by Gasteiger charge is 2.21. The standard InChI is InChI=1S/C16H18N2O2S/c1-6-10-18-13-11(20-5)8-7-9-12(13)21-15(18)17-14(19)16(2,3)4/h1,7-9H,10H2,2-5H3. The van der Waals surface area contributed by atoms with Crippen molar-refractivity contribution in [2.45, 2.75) is 27.3 Å². The minimum absolute atomic E-state index is 0.168. The Morgan fingerprint density at radius 3 is 2.76 bits per heavy atom. The molecule has 1 aromatic carbocycles. The Bertz CT molecular complexity index is 785. The van der Waals surface area contributed by atoms with Gasteiger partial charge in [-0.2, -0.15) is 4.99 Å². The van der Waals surface area contributed by atoms with Gasteiger partial charge in [0.1, 0.15) is 11.3 Å². The third kappa shape index (κ3) is 3.01. The minimum atomic E-state index is -0.520. The molecule has 0 spiro atoms. The first kappa shape index (κ1) is 15.3. The number of hydrogen-bond donors (Lipinski definition) is 0. The highest BCUT2D eigenvalue weighted by Crippen LogP contribution is 2.27. The van der Waals surface area contributed by atoms with E-state index < -0.39 is 5.41 Å². The lowest BCUT2D eigenvalue weighted by Crippen LogP contribution is -2.23. The zero-order chi connectivity index (χ0) is 15.6.